The second-order valence-corrected chi connectivity index (χ2v) is 5.99. The summed E-state index contributed by atoms with van der Waals surface area (Å²) in [5.41, 5.74) is 0.782. The third-order valence-electron chi connectivity index (χ3n) is 3.35. The number of carbonyl (C=O) groups is 2. The normalized spacial score (nSPS) is 15.1. The molecule has 108 valence electrons. The van der Waals surface area contributed by atoms with E-state index in [1.54, 1.807) is 0 Å². The Morgan fingerprint density at radius 3 is 2.35 bits per heavy atom. The van der Waals surface area contributed by atoms with Gasteiger partial charge in [0, 0.05) is 18.0 Å². The largest absolute Gasteiger partial charge is 0.481 e. The van der Waals surface area contributed by atoms with Crippen LogP contribution in [0.4, 0.5) is 0 Å². The molecule has 0 atom stereocenters. The molecule has 0 spiro atoms. The molecule has 0 aromatic heterocycles. The van der Waals surface area contributed by atoms with Crippen molar-refractivity contribution >= 4 is 23.6 Å². The van der Waals surface area contributed by atoms with Gasteiger partial charge < -0.3 is 10.0 Å². The molecule has 1 saturated heterocycles. The SMILES string of the molecule is O=C(O)Cc1ccc(SCC(=O)N2CCCCC2)cc1. The maximum absolute atomic E-state index is 12.0. The molecule has 1 aliphatic rings. The number of hydrogen-bond donors (Lipinski definition) is 1. The van der Waals surface area contributed by atoms with Gasteiger partial charge in [0.1, 0.15) is 0 Å². The summed E-state index contributed by atoms with van der Waals surface area (Å²) in [7, 11) is 0. The number of thioether (sulfide) groups is 1. The van der Waals surface area contributed by atoms with Crippen molar-refractivity contribution in [3.05, 3.63) is 29.8 Å². The number of amides is 1. The van der Waals surface area contributed by atoms with E-state index >= 15 is 0 Å². The summed E-state index contributed by atoms with van der Waals surface area (Å²) < 4.78 is 0. The van der Waals surface area contributed by atoms with Crippen LogP contribution in [0.5, 0.6) is 0 Å². The van der Waals surface area contributed by atoms with E-state index in [1.165, 1.54) is 18.2 Å². The molecule has 1 aliphatic heterocycles. The molecule has 0 radical (unpaired) electrons. The summed E-state index contributed by atoms with van der Waals surface area (Å²) in [6, 6.07) is 7.38. The molecular weight excluding hydrogens is 274 g/mol. The number of rotatable bonds is 5. The van der Waals surface area contributed by atoms with Gasteiger partial charge in [-0.1, -0.05) is 12.1 Å². The molecule has 1 heterocycles. The molecule has 1 amide bonds. The number of nitrogens with zero attached hydrogens (tertiary/aromatic N) is 1. The van der Waals surface area contributed by atoms with Gasteiger partial charge in [-0.15, -0.1) is 11.8 Å². The third kappa shape index (κ3) is 4.56. The first-order valence-electron chi connectivity index (χ1n) is 6.86. The first-order valence-corrected chi connectivity index (χ1v) is 7.85. The van der Waals surface area contributed by atoms with Gasteiger partial charge in [-0.05, 0) is 37.0 Å². The Morgan fingerprint density at radius 1 is 1.10 bits per heavy atom. The third-order valence-corrected chi connectivity index (χ3v) is 4.35. The lowest BCUT2D eigenvalue weighted by atomic mass is 10.1. The van der Waals surface area contributed by atoms with Gasteiger partial charge in [-0.3, -0.25) is 9.59 Å². The highest BCUT2D eigenvalue weighted by atomic mass is 32.2. The fraction of sp³-hybridized carbons (Fsp3) is 0.467. The van der Waals surface area contributed by atoms with E-state index in [-0.39, 0.29) is 12.3 Å². The van der Waals surface area contributed by atoms with Gasteiger partial charge in [0.05, 0.1) is 12.2 Å². The highest BCUT2D eigenvalue weighted by molar-refractivity contribution is 8.00. The molecular formula is C15H19NO3S. The highest BCUT2D eigenvalue weighted by Crippen LogP contribution is 2.20. The van der Waals surface area contributed by atoms with Crippen molar-refractivity contribution in [2.24, 2.45) is 0 Å². The molecule has 0 unspecified atom stereocenters. The van der Waals surface area contributed by atoms with Gasteiger partial charge in [-0.2, -0.15) is 0 Å². The molecule has 1 aromatic carbocycles. The van der Waals surface area contributed by atoms with Crippen molar-refractivity contribution in [2.75, 3.05) is 18.8 Å². The molecule has 2 rings (SSSR count). The quantitative estimate of drug-likeness (QED) is 0.847. The number of carboxylic acids is 1. The Balaban J connectivity index is 1.81. The molecule has 1 N–H and O–H groups in total. The summed E-state index contributed by atoms with van der Waals surface area (Å²) in [5.74, 6) is -0.173. The zero-order valence-electron chi connectivity index (χ0n) is 11.4. The summed E-state index contributed by atoms with van der Waals surface area (Å²) in [4.78, 5) is 25.5. The number of carboxylic acid groups (broad SMARTS) is 1. The van der Waals surface area contributed by atoms with E-state index in [1.807, 2.05) is 29.2 Å². The van der Waals surface area contributed by atoms with Gasteiger partial charge >= 0.3 is 5.97 Å². The van der Waals surface area contributed by atoms with Crippen molar-refractivity contribution in [1.29, 1.82) is 0 Å². The van der Waals surface area contributed by atoms with Crippen molar-refractivity contribution in [2.45, 2.75) is 30.6 Å². The van der Waals surface area contributed by atoms with Crippen LogP contribution in [0.15, 0.2) is 29.2 Å². The van der Waals surface area contributed by atoms with E-state index in [9.17, 15) is 9.59 Å². The molecule has 1 aromatic rings. The summed E-state index contributed by atoms with van der Waals surface area (Å²) in [5, 5.41) is 8.70. The summed E-state index contributed by atoms with van der Waals surface area (Å²) >= 11 is 1.51. The summed E-state index contributed by atoms with van der Waals surface area (Å²) in [6.07, 6.45) is 3.49. The minimum atomic E-state index is -0.828. The van der Waals surface area contributed by atoms with Gasteiger partial charge in [0.25, 0.3) is 0 Å². The number of carbonyl (C=O) groups excluding carboxylic acids is 1. The van der Waals surface area contributed by atoms with Crippen LogP contribution in [0.25, 0.3) is 0 Å². The topological polar surface area (TPSA) is 57.6 Å². The van der Waals surface area contributed by atoms with Crippen molar-refractivity contribution in [3.63, 3.8) is 0 Å². The molecule has 5 heteroatoms. The number of hydrogen-bond acceptors (Lipinski definition) is 3. The molecule has 20 heavy (non-hydrogen) atoms. The van der Waals surface area contributed by atoms with E-state index < -0.39 is 5.97 Å². The fourth-order valence-electron chi connectivity index (χ4n) is 2.26. The second kappa shape index (κ2) is 7.33. The lowest BCUT2D eigenvalue weighted by Gasteiger charge is -2.26. The van der Waals surface area contributed by atoms with Crippen molar-refractivity contribution in [1.82, 2.24) is 4.90 Å². The van der Waals surface area contributed by atoms with Crippen molar-refractivity contribution in [3.8, 4) is 0 Å². The van der Waals surface area contributed by atoms with Gasteiger partial charge in [0.15, 0.2) is 0 Å². The van der Waals surface area contributed by atoms with E-state index in [0.717, 1.165) is 36.4 Å². The maximum atomic E-state index is 12.0. The Kier molecular flexibility index (Phi) is 5.47. The lowest BCUT2D eigenvalue weighted by molar-refractivity contribution is -0.136. The van der Waals surface area contributed by atoms with Gasteiger partial charge in [-0.25, -0.2) is 0 Å². The predicted octanol–water partition coefficient (Wildman–Crippen LogP) is 2.42. The first-order chi connectivity index (χ1) is 9.65. The van der Waals surface area contributed by atoms with E-state index in [4.69, 9.17) is 5.11 Å². The van der Waals surface area contributed by atoms with Crippen LogP contribution >= 0.6 is 11.8 Å². The number of likely N-dealkylation sites (tertiary alicyclic amines) is 1. The molecule has 1 fully saturated rings. The Morgan fingerprint density at radius 2 is 1.75 bits per heavy atom. The average Bonchev–Trinajstić information content (AvgIpc) is 2.46. The van der Waals surface area contributed by atoms with Crippen LogP contribution in [-0.4, -0.2) is 40.7 Å². The minimum absolute atomic E-state index is 0.0393. The Labute approximate surface area is 123 Å². The Hall–Kier alpha value is -1.49. The zero-order chi connectivity index (χ0) is 14.4. The number of piperidine rings is 1. The van der Waals surface area contributed by atoms with Crippen LogP contribution in [0.1, 0.15) is 24.8 Å². The highest BCUT2D eigenvalue weighted by Gasteiger charge is 2.16. The number of benzene rings is 1. The average molecular weight is 293 g/mol. The van der Waals surface area contributed by atoms with Crippen molar-refractivity contribution < 1.29 is 14.7 Å². The Bertz CT molecular complexity index is 467. The van der Waals surface area contributed by atoms with Crippen LogP contribution in [0, 0.1) is 0 Å². The number of aliphatic carboxylic acids is 1. The molecule has 0 aliphatic carbocycles. The van der Waals surface area contributed by atoms with Gasteiger partial charge in [0.2, 0.25) is 5.91 Å². The van der Waals surface area contributed by atoms with E-state index in [2.05, 4.69) is 0 Å². The van der Waals surface area contributed by atoms with Crippen LogP contribution in [0.2, 0.25) is 0 Å². The zero-order valence-corrected chi connectivity index (χ0v) is 12.2. The minimum Gasteiger partial charge on any atom is -0.481 e. The fourth-order valence-corrected chi connectivity index (χ4v) is 3.06. The van der Waals surface area contributed by atoms with Crippen LogP contribution in [0.3, 0.4) is 0 Å². The first kappa shape index (κ1) is 14.9. The molecule has 4 nitrogen and oxygen atoms in total. The standard InChI is InChI=1S/C15H19NO3S/c17-14(16-8-2-1-3-9-16)11-20-13-6-4-12(5-7-13)10-15(18)19/h4-7H,1-3,8-11H2,(H,18,19). The molecule has 0 saturated carbocycles. The molecule has 0 bridgehead atoms. The van der Waals surface area contributed by atoms with E-state index in [0.29, 0.717) is 5.75 Å². The lowest BCUT2D eigenvalue weighted by Crippen LogP contribution is -2.36. The summed E-state index contributed by atoms with van der Waals surface area (Å²) in [6.45, 7) is 1.77. The second-order valence-electron chi connectivity index (χ2n) is 4.94. The maximum Gasteiger partial charge on any atom is 0.307 e. The predicted molar refractivity (Wildman–Crippen MR) is 78.9 cm³/mol. The smallest absolute Gasteiger partial charge is 0.307 e. The van der Waals surface area contributed by atoms with Crippen LogP contribution in [-0.2, 0) is 16.0 Å². The van der Waals surface area contributed by atoms with Crippen LogP contribution < -0.4 is 0 Å². The monoisotopic (exact) mass is 293 g/mol.